The van der Waals surface area contributed by atoms with Gasteiger partial charge in [-0.2, -0.15) is 0 Å². The number of aliphatic hydroxyl groups is 1. The third-order valence-electron chi connectivity index (χ3n) is 5.02. The van der Waals surface area contributed by atoms with Crippen LogP contribution in [0.3, 0.4) is 0 Å². The minimum atomic E-state index is -3.77. The minimum Gasteiger partial charge on any atom is -0.488 e. The predicted molar refractivity (Wildman–Crippen MR) is 117 cm³/mol. The predicted octanol–water partition coefficient (Wildman–Crippen LogP) is 3.47. The molecular weight excluding hydrogens is 400 g/mol. The molecule has 30 heavy (non-hydrogen) atoms. The van der Waals surface area contributed by atoms with E-state index in [0.717, 1.165) is 28.7 Å². The number of benzene rings is 2. The summed E-state index contributed by atoms with van der Waals surface area (Å²) >= 11 is 0. The van der Waals surface area contributed by atoms with Crippen molar-refractivity contribution >= 4 is 10.0 Å². The summed E-state index contributed by atoms with van der Waals surface area (Å²) < 4.78 is 29.2. The molecule has 0 saturated carbocycles. The maximum atomic E-state index is 11.6. The zero-order chi connectivity index (χ0) is 21.7. The second-order valence-electron chi connectivity index (χ2n) is 7.34. The van der Waals surface area contributed by atoms with Gasteiger partial charge in [0, 0.05) is 12.4 Å². The second-order valence-corrected chi connectivity index (χ2v) is 8.90. The summed E-state index contributed by atoms with van der Waals surface area (Å²) in [6.07, 6.45) is 3.83. The lowest BCUT2D eigenvalue weighted by Crippen LogP contribution is -2.29. The molecule has 0 saturated heterocycles. The van der Waals surface area contributed by atoms with Crippen LogP contribution in [0, 0.1) is 6.92 Å². The van der Waals surface area contributed by atoms with Gasteiger partial charge in [0.25, 0.3) is 0 Å². The molecule has 3 rings (SSSR count). The molecule has 1 heterocycles. The van der Waals surface area contributed by atoms with Gasteiger partial charge in [0.2, 0.25) is 10.0 Å². The summed E-state index contributed by atoms with van der Waals surface area (Å²) in [6.45, 7) is 3.74. The summed E-state index contributed by atoms with van der Waals surface area (Å²) in [5.41, 5.74) is 3.66. The molecule has 7 heteroatoms. The number of primary sulfonamides is 1. The Bertz CT molecular complexity index is 1080. The molecule has 158 valence electrons. The lowest BCUT2D eigenvalue weighted by molar-refractivity contribution is 0.0420. The number of aliphatic hydroxyl groups excluding tert-OH is 1. The van der Waals surface area contributed by atoms with Crippen molar-refractivity contribution in [1.29, 1.82) is 0 Å². The first kappa shape index (κ1) is 22.0. The fourth-order valence-electron chi connectivity index (χ4n) is 3.19. The zero-order valence-electron chi connectivity index (χ0n) is 17.0. The number of nitrogens with zero attached hydrogens (tertiary/aromatic N) is 1. The normalized spacial score (nSPS) is 13.6. The van der Waals surface area contributed by atoms with E-state index >= 15 is 0 Å². The molecule has 0 fully saturated rings. The van der Waals surface area contributed by atoms with E-state index in [1.807, 2.05) is 50.2 Å². The molecule has 6 nitrogen and oxygen atoms in total. The minimum absolute atomic E-state index is 0.0776. The molecule has 0 bridgehead atoms. The van der Waals surface area contributed by atoms with Crippen LogP contribution in [0.15, 0.2) is 71.9 Å². The maximum Gasteiger partial charge on any atom is 0.238 e. The molecule has 0 aliphatic rings. The number of ether oxygens (including phenoxy) is 1. The van der Waals surface area contributed by atoms with Crippen molar-refractivity contribution in [3.63, 3.8) is 0 Å². The highest BCUT2D eigenvalue weighted by atomic mass is 32.2. The van der Waals surface area contributed by atoms with Gasteiger partial charge < -0.3 is 9.84 Å². The van der Waals surface area contributed by atoms with Gasteiger partial charge in [-0.3, -0.25) is 4.98 Å². The van der Waals surface area contributed by atoms with Gasteiger partial charge in [0.15, 0.2) is 0 Å². The highest BCUT2D eigenvalue weighted by molar-refractivity contribution is 7.89. The Balaban J connectivity index is 1.66. The van der Waals surface area contributed by atoms with Crippen molar-refractivity contribution in [3.8, 4) is 16.9 Å². The van der Waals surface area contributed by atoms with Gasteiger partial charge >= 0.3 is 0 Å². The van der Waals surface area contributed by atoms with Crippen LogP contribution >= 0.6 is 0 Å². The lowest BCUT2D eigenvalue weighted by atomic mass is 10.0. The number of sulfonamides is 1. The van der Waals surface area contributed by atoms with Crippen LogP contribution in [0.25, 0.3) is 11.1 Å². The number of nitrogens with two attached hydrogens (primary N) is 1. The topological polar surface area (TPSA) is 103 Å². The Morgan fingerprint density at radius 3 is 2.50 bits per heavy atom. The van der Waals surface area contributed by atoms with Gasteiger partial charge in [-0.25, -0.2) is 13.6 Å². The van der Waals surface area contributed by atoms with E-state index in [-0.39, 0.29) is 11.0 Å². The summed E-state index contributed by atoms with van der Waals surface area (Å²) in [5.74, 6) is 0.631. The van der Waals surface area contributed by atoms with Crippen molar-refractivity contribution in [1.82, 2.24) is 4.98 Å². The summed E-state index contributed by atoms with van der Waals surface area (Å²) in [5, 5.41) is 15.6. The van der Waals surface area contributed by atoms with E-state index in [1.165, 1.54) is 6.07 Å². The van der Waals surface area contributed by atoms with Gasteiger partial charge in [-0.05, 0) is 79.3 Å². The van der Waals surface area contributed by atoms with Crippen LogP contribution in [0.1, 0.15) is 24.5 Å². The van der Waals surface area contributed by atoms with Gasteiger partial charge in [0.1, 0.15) is 11.9 Å². The molecular formula is C23H26N2O4S. The van der Waals surface area contributed by atoms with Crippen LogP contribution in [0.2, 0.25) is 0 Å². The SMILES string of the molecule is Cc1ccc(S(N)(=O)=O)cc1-c1ccc(O[C@@H](C)[C@H](O)CCc2cccnc2)cc1. The molecule has 3 N–H and O–H groups in total. The number of hydrogen-bond donors (Lipinski definition) is 2. The summed E-state index contributed by atoms with van der Waals surface area (Å²) in [6, 6.07) is 16.0. The first-order valence-corrected chi connectivity index (χ1v) is 11.3. The number of aryl methyl sites for hydroxylation is 2. The van der Waals surface area contributed by atoms with Gasteiger partial charge in [-0.1, -0.05) is 24.3 Å². The quantitative estimate of drug-likeness (QED) is 0.574. The third-order valence-corrected chi connectivity index (χ3v) is 5.93. The maximum absolute atomic E-state index is 11.6. The average Bonchev–Trinajstić information content (AvgIpc) is 2.73. The van der Waals surface area contributed by atoms with Crippen LogP contribution in [-0.4, -0.2) is 30.7 Å². The number of rotatable bonds is 8. The molecule has 2 aromatic carbocycles. The van der Waals surface area contributed by atoms with E-state index in [4.69, 9.17) is 9.88 Å². The van der Waals surface area contributed by atoms with Crippen molar-refractivity contribution in [2.45, 2.75) is 43.8 Å². The molecule has 0 aliphatic heterocycles. The molecule has 0 unspecified atom stereocenters. The third kappa shape index (κ3) is 5.66. The van der Waals surface area contributed by atoms with Crippen LogP contribution < -0.4 is 9.88 Å². The van der Waals surface area contributed by atoms with E-state index in [0.29, 0.717) is 12.2 Å². The smallest absolute Gasteiger partial charge is 0.238 e. The zero-order valence-corrected chi connectivity index (χ0v) is 17.8. The van der Waals surface area contributed by atoms with Crippen LogP contribution in [0.5, 0.6) is 5.75 Å². The molecule has 3 aromatic rings. The van der Waals surface area contributed by atoms with Crippen molar-refractivity contribution in [2.75, 3.05) is 0 Å². The largest absolute Gasteiger partial charge is 0.488 e. The van der Waals surface area contributed by atoms with Crippen molar-refractivity contribution in [2.24, 2.45) is 5.14 Å². The molecule has 0 amide bonds. The molecule has 2 atom stereocenters. The Morgan fingerprint density at radius 1 is 1.13 bits per heavy atom. The Kier molecular flexibility index (Phi) is 6.87. The first-order chi connectivity index (χ1) is 14.2. The summed E-state index contributed by atoms with van der Waals surface area (Å²) in [7, 11) is -3.77. The lowest BCUT2D eigenvalue weighted by Gasteiger charge is -2.21. The van der Waals surface area contributed by atoms with Crippen LogP contribution in [0.4, 0.5) is 0 Å². The van der Waals surface area contributed by atoms with E-state index in [9.17, 15) is 13.5 Å². The molecule has 0 radical (unpaired) electrons. The van der Waals surface area contributed by atoms with Crippen molar-refractivity contribution in [3.05, 3.63) is 78.1 Å². The average molecular weight is 427 g/mol. The van der Waals surface area contributed by atoms with Gasteiger partial charge in [-0.15, -0.1) is 0 Å². The highest BCUT2D eigenvalue weighted by Crippen LogP contribution is 2.28. The Morgan fingerprint density at radius 2 is 1.87 bits per heavy atom. The van der Waals surface area contributed by atoms with E-state index in [1.54, 1.807) is 24.5 Å². The molecule has 0 spiro atoms. The Labute approximate surface area is 177 Å². The second kappa shape index (κ2) is 9.38. The van der Waals surface area contributed by atoms with E-state index in [2.05, 4.69) is 4.98 Å². The number of pyridine rings is 1. The van der Waals surface area contributed by atoms with Crippen LogP contribution in [-0.2, 0) is 16.4 Å². The monoisotopic (exact) mass is 426 g/mol. The Hall–Kier alpha value is -2.74. The van der Waals surface area contributed by atoms with Crippen molar-refractivity contribution < 1.29 is 18.3 Å². The molecule has 1 aromatic heterocycles. The summed E-state index contributed by atoms with van der Waals surface area (Å²) in [4.78, 5) is 4.16. The standard InChI is InChI=1S/C23H26N2O4S/c1-16-5-11-21(30(24,27)28)14-22(16)19-7-9-20(10-8-19)29-17(2)23(26)12-6-18-4-3-13-25-15-18/h3-5,7-11,13-15,17,23,26H,6,12H2,1-2H3,(H2,24,27,28)/t17-,23+/m0/s1. The van der Waals surface area contributed by atoms with E-state index < -0.39 is 16.1 Å². The van der Waals surface area contributed by atoms with Gasteiger partial charge in [0.05, 0.1) is 11.0 Å². The first-order valence-electron chi connectivity index (χ1n) is 9.71. The number of aromatic nitrogens is 1. The fraction of sp³-hybridized carbons (Fsp3) is 0.261. The highest BCUT2D eigenvalue weighted by Gasteiger charge is 2.16. The number of hydrogen-bond acceptors (Lipinski definition) is 5. The fourth-order valence-corrected chi connectivity index (χ4v) is 3.73. The molecule has 0 aliphatic carbocycles.